The van der Waals surface area contributed by atoms with E-state index in [2.05, 4.69) is 15.5 Å². The Labute approximate surface area is 163 Å². The number of carbonyl (C=O) groups excluding carboxylic acids is 1. The molecule has 0 saturated heterocycles. The number of nitrogens with two attached hydrogens (primary N) is 1. The predicted molar refractivity (Wildman–Crippen MR) is 98.8 cm³/mol. The summed E-state index contributed by atoms with van der Waals surface area (Å²) >= 11 is 0. The molecule has 1 aromatic carbocycles. The van der Waals surface area contributed by atoms with E-state index in [1.54, 1.807) is 32.9 Å². The summed E-state index contributed by atoms with van der Waals surface area (Å²) in [6.07, 6.45) is -5.15. The lowest BCUT2D eigenvalue weighted by atomic mass is 10.2. The number of nitrogen functional groups attached to an aromatic ring is 1. The number of alkyl carbamates (subject to hydrolysis) is 1. The zero-order chi connectivity index (χ0) is 21.4. The summed E-state index contributed by atoms with van der Waals surface area (Å²) < 4.78 is 50.5. The molecule has 3 aromatic rings. The van der Waals surface area contributed by atoms with Crippen LogP contribution >= 0.6 is 0 Å². The number of hydrogen-bond acceptors (Lipinski definition) is 6. The van der Waals surface area contributed by atoms with E-state index in [4.69, 9.17) is 15.0 Å². The van der Waals surface area contributed by atoms with Gasteiger partial charge in [-0.25, -0.2) is 4.79 Å². The average Bonchev–Trinajstić information content (AvgIpc) is 3.16. The van der Waals surface area contributed by atoms with Crippen molar-refractivity contribution in [2.45, 2.75) is 45.6 Å². The summed E-state index contributed by atoms with van der Waals surface area (Å²) in [6.45, 7) is 3.76. The highest BCUT2D eigenvalue weighted by molar-refractivity contribution is 5.95. The number of fused-ring (bicyclic) bond motifs is 1. The van der Waals surface area contributed by atoms with Crippen LogP contribution in [0.15, 0.2) is 28.8 Å². The van der Waals surface area contributed by atoms with Gasteiger partial charge in [0.1, 0.15) is 18.7 Å². The molecule has 0 bridgehead atoms. The maximum atomic E-state index is 13.1. The number of hydrogen-bond donors (Lipinski definition) is 2. The fourth-order valence-electron chi connectivity index (χ4n) is 2.73. The van der Waals surface area contributed by atoms with Crippen molar-refractivity contribution < 1.29 is 27.2 Å². The smallest absolute Gasteiger partial charge is 0.408 e. The third-order valence-electron chi connectivity index (χ3n) is 3.80. The zero-order valence-corrected chi connectivity index (χ0v) is 16.0. The number of nitrogens with zero attached hydrogens (tertiary/aromatic N) is 3. The first-order chi connectivity index (χ1) is 13.4. The van der Waals surface area contributed by atoms with Crippen molar-refractivity contribution in [3.8, 4) is 11.5 Å². The number of ether oxygens (including phenoxy) is 1. The van der Waals surface area contributed by atoms with Crippen LogP contribution in [-0.2, 0) is 17.8 Å². The zero-order valence-electron chi connectivity index (χ0n) is 16.0. The first-order valence-electron chi connectivity index (χ1n) is 8.67. The lowest BCUT2D eigenvalue weighted by Crippen LogP contribution is -2.32. The van der Waals surface area contributed by atoms with E-state index >= 15 is 0 Å². The predicted octanol–water partition coefficient (Wildman–Crippen LogP) is 3.86. The molecular formula is C18H20F3N5O3. The minimum atomic E-state index is -4.46. The first-order valence-corrected chi connectivity index (χ1v) is 8.67. The molecule has 0 radical (unpaired) electrons. The molecule has 0 unspecified atom stereocenters. The van der Waals surface area contributed by atoms with Gasteiger partial charge in [-0.1, -0.05) is 11.2 Å². The van der Waals surface area contributed by atoms with Crippen LogP contribution in [0.25, 0.3) is 22.4 Å². The number of alkyl halides is 3. The van der Waals surface area contributed by atoms with Gasteiger partial charge in [0, 0.05) is 11.1 Å². The van der Waals surface area contributed by atoms with Crippen molar-refractivity contribution in [1.82, 2.24) is 20.0 Å². The van der Waals surface area contributed by atoms with Crippen LogP contribution in [0.1, 0.15) is 26.7 Å². The molecule has 3 N–H and O–H groups in total. The van der Waals surface area contributed by atoms with Gasteiger partial charge in [-0.3, -0.25) is 0 Å². The van der Waals surface area contributed by atoms with Crippen LogP contribution < -0.4 is 11.1 Å². The Kier molecular flexibility index (Phi) is 5.16. The van der Waals surface area contributed by atoms with Crippen molar-refractivity contribution >= 4 is 22.7 Å². The van der Waals surface area contributed by atoms with Gasteiger partial charge in [-0.05, 0) is 39.0 Å². The molecule has 0 atom stereocenters. The Hall–Kier alpha value is -3.24. The normalized spacial score (nSPS) is 12.3. The number of rotatable bonds is 4. The van der Waals surface area contributed by atoms with E-state index in [1.165, 1.54) is 12.1 Å². The number of benzene rings is 1. The van der Waals surface area contributed by atoms with Crippen LogP contribution in [0.5, 0.6) is 0 Å². The summed E-state index contributed by atoms with van der Waals surface area (Å²) in [5.74, 6) is -0.0338. The molecule has 0 aliphatic rings. The minimum Gasteiger partial charge on any atom is -0.444 e. The van der Waals surface area contributed by atoms with E-state index in [0.29, 0.717) is 16.6 Å². The van der Waals surface area contributed by atoms with Crippen LogP contribution in [0.3, 0.4) is 0 Å². The second-order valence-electron chi connectivity index (χ2n) is 7.38. The highest BCUT2D eigenvalue weighted by atomic mass is 19.4. The molecular weight excluding hydrogens is 391 g/mol. The van der Waals surface area contributed by atoms with Crippen molar-refractivity contribution in [3.05, 3.63) is 30.2 Å². The first kappa shape index (κ1) is 20.5. The molecule has 2 heterocycles. The van der Waals surface area contributed by atoms with Crippen LogP contribution in [0, 0.1) is 0 Å². The van der Waals surface area contributed by atoms with E-state index in [1.807, 2.05) is 0 Å². The molecule has 2 aromatic heterocycles. The minimum absolute atomic E-state index is 0.0163. The third kappa shape index (κ3) is 4.98. The Morgan fingerprint density at radius 1 is 1.31 bits per heavy atom. The summed E-state index contributed by atoms with van der Waals surface area (Å²) in [5, 5.41) is 6.64. The highest BCUT2D eigenvalue weighted by Gasteiger charge is 2.31. The van der Waals surface area contributed by atoms with Gasteiger partial charge in [0.2, 0.25) is 11.7 Å². The summed E-state index contributed by atoms with van der Waals surface area (Å²) in [7, 11) is 0. The highest BCUT2D eigenvalue weighted by Crippen LogP contribution is 2.32. The van der Waals surface area contributed by atoms with Crippen molar-refractivity contribution in [2.75, 3.05) is 5.73 Å². The SMILES string of the molecule is CC(C)(C)OC(=O)NCc1nc(-c2cc3c(N)cccc3n2CC(F)(F)F)no1. The number of amides is 1. The fourth-order valence-corrected chi connectivity index (χ4v) is 2.73. The van der Waals surface area contributed by atoms with E-state index in [0.717, 1.165) is 4.57 Å². The van der Waals surface area contributed by atoms with Gasteiger partial charge in [0.05, 0.1) is 11.2 Å². The Morgan fingerprint density at radius 3 is 2.69 bits per heavy atom. The number of carbonyl (C=O) groups is 1. The van der Waals surface area contributed by atoms with E-state index in [9.17, 15) is 18.0 Å². The van der Waals surface area contributed by atoms with E-state index in [-0.39, 0.29) is 24.0 Å². The van der Waals surface area contributed by atoms with Gasteiger partial charge in [0.15, 0.2) is 0 Å². The van der Waals surface area contributed by atoms with Crippen molar-refractivity contribution in [1.29, 1.82) is 0 Å². The molecule has 0 aliphatic heterocycles. The Morgan fingerprint density at radius 2 is 2.03 bits per heavy atom. The van der Waals surface area contributed by atoms with Crippen LogP contribution in [0.2, 0.25) is 0 Å². The summed E-state index contributed by atoms with van der Waals surface area (Å²) in [4.78, 5) is 15.8. The average molecular weight is 411 g/mol. The molecule has 0 fully saturated rings. The number of aromatic nitrogens is 3. The Balaban J connectivity index is 1.88. The Bertz CT molecular complexity index is 1030. The summed E-state index contributed by atoms with van der Waals surface area (Å²) in [5.41, 5.74) is 5.95. The molecule has 29 heavy (non-hydrogen) atoms. The molecule has 156 valence electrons. The molecule has 8 nitrogen and oxygen atoms in total. The fraction of sp³-hybridized carbons (Fsp3) is 0.389. The lowest BCUT2D eigenvalue weighted by Gasteiger charge is -2.19. The second kappa shape index (κ2) is 7.30. The van der Waals surface area contributed by atoms with Crippen molar-refractivity contribution in [3.63, 3.8) is 0 Å². The maximum Gasteiger partial charge on any atom is 0.408 e. The van der Waals surface area contributed by atoms with Gasteiger partial charge >= 0.3 is 12.3 Å². The molecule has 0 spiro atoms. The number of nitrogens with one attached hydrogen (secondary N) is 1. The quantitative estimate of drug-likeness (QED) is 0.631. The molecule has 11 heteroatoms. The molecule has 0 aliphatic carbocycles. The monoisotopic (exact) mass is 411 g/mol. The molecule has 1 amide bonds. The second-order valence-corrected chi connectivity index (χ2v) is 7.38. The third-order valence-corrected chi connectivity index (χ3v) is 3.80. The maximum absolute atomic E-state index is 13.1. The lowest BCUT2D eigenvalue weighted by molar-refractivity contribution is -0.139. The van der Waals surface area contributed by atoms with Crippen molar-refractivity contribution in [2.24, 2.45) is 0 Å². The van der Waals surface area contributed by atoms with E-state index < -0.39 is 24.4 Å². The standard InChI is InChI=1S/C18H20F3N5O3/c1-17(2,3)28-16(27)23-8-14-24-15(25-29-14)13-7-10-11(22)5-4-6-12(10)26(13)9-18(19,20)21/h4-7H,8-9,22H2,1-3H3,(H,23,27). The van der Waals surface area contributed by atoms with Crippen LogP contribution in [0.4, 0.5) is 23.7 Å². The van der Waals surface area contributed by atoms with Crippen LogP contribution in [-0.4, -0.2) is 32.6 Å². The number of halogens is 3. The topological polar surface area (TPSA) is 108 Å². The summed E-state index contributed by atoms with van der Waals surface area (Å²) in [6, 6.07) is 6.18. The molecule has 3 rings (SSSR count). The van der Waals surface area contributed by atoms with Gasteiger partial charge in [-0.15, -0.1) is 0 Å². The van der Waals surface area contributed by atoms with Gasteiger partial charge in [-0.2, -0.15) is 18.2 Å². The molecule has 0 saturated carbocycles. The number of anilines is 1. The van der Waals surface area contributed by atoms with Gasteiger partial charge in [0.25, 0.3) is 0 Å². The largest absolute Gasteiger partial charge is 0.444 e. The van der Waals surface area contributed by atoms with Gasteiger partial charge < -0.3 is 24.9 Å².